The van der Waals surface area contributed by atoms with Gasteiger partial charge in [-0.25, -0.2) is 0 Å². The molecule has 0 aromatic rings. The fraction of sp³-hybridized carbons (Fsp3) is 1.00. The summed E-state index contributed by atoms with van der Waals surface area (Å²) in [4.78, 5) is 1.97. The minimum Gasteiger partial charge on any atom is -0.376 e. The third-order valence-corrected chi connectivity index (χ3v) is 5.83. The Morgan fingerprint density at radius 1 is 0.577 bits per heavy atom. The monoisotopic (exact) mass is 391 g/mol. The second kappa shape index (κ2) is 20.0. The molecule has 160 valence electrons. The third-order valence-electron chi connectivity index (χ3n) is 5.83. The molecule has 2 nitrogen and oxygen atoms in total. The van der Waals surface area contributed by atoms with Crippen LogP contribution in [0.2, 0.25) is 0 Å². The lowest BCUT2D eigenvalue weighted by Gasteiger charge is -2.34. The molecule has 0 aliphatic carbocycles. The van der Waals surface area contributed by atoms with Gasteiger partial charge in [-0.2, -0.15) is 0 Å². The van der Waals surface area contributed by atoms with Crippen molar-refractivity contribution in [2.45, 2.75) is 135 Å². The molecule has 0 spiro atoms. The summed E-state index contributed by atoms with van der Waals surface area (Å²) in [6, 6.07) is 0. The zero-order chi connectivity index (χ0) is 18.8. The van der Waals surface area contributed by atoms with Crippen molar-refractivity contribution in [1.82, 2.24) is 4.90 Å². The van der Waals surface area contributed by atoms with Crippen molar-refractivity contribution in [3.8, 4) is 0 Å². The van der Waals surface area contributed by atoms with Crippen LogP contribution >= 0.6 is 12.4 Å². The number of hydrogen-bond acceptors (Lipinski definition) is 2. The number of nitrogens with zero attached hydrogens (tertiary/aromatic N) is 1. The Bertz CT molecular complexity index is 273. The molecule has 0 fully saturated rings. The average Bonchev–Trinajstić information content (AvgIpc) is 2.61. The van der Waals surface area contributed by atoms with E-state index in [-0.39, 0.29) is 12.4 Å². The van der Waals surface area contributed by atoms with Gasteiger partial charge in [0.15, 0.2) is 0 Å². The maximum absolute atomic E-state index is 10.4. The van der Waals surface area contributed by atoms with Crippen molar-refractivity contribution >= 4 is 12.4 Å². The van der Waals surface area contributed by atoms with Gasteiger partial charge in [0.05, 0.1) is 0 Å². The van der Waals surface area contributed by atoms with Gasteiger partial charge in [-0.3, -0.25) is 4.90 Å². The van der Waals surface area contributed by atoms with Crippen molar-refractivity contribution < 1.29 is 5.11 Å². The molecule has 0 saturated carbocycles. The molecular weight excluding hydrogens is 342 g/mol. The number of hydrogen-bond donors (Lipinski definition) is 1. The van der Waals surface area contributed by atoms with Crippen LogP contribution in [-0.4, -0.2) is 29.8 Å². The van der Waals surface area contributed by atoms with E-state index in [4.69, 9.17) is 0 Å². The highest BCUT2D eigenvalue weighted by Gasteiger charge is 2.25. The largest absolute Gasteiger partial charge is 0.376 e. The normalized spacial score (nSPS) is 13.6. The van der Waals surface area contributed by atoms with Crippen LogP contribution in [-0.2, 0) is 0 Å². The van der Waals surface area contributed by atoms with E-state index in [0.717, 1.165) is 19.3 Å². The van der Waals surface area contributed by atoms with Crippen LogP contribution in [0.4, 0.5) is 0 Å². The second-order valence-corrected chi connectivity index (χ2v) is 8.28. The van der Waals surface area contributed by atoms with E-state index in [9.17, 15) is 5.11 Å². The van der Waals surface area contributed by atoms with E-state index < -0.39 is 5.72 Å². The van der Waals surface area contributed by atoms with Gasteiger partial charge in [-0.15, -0.1) is 12.4 Å². The highest BCUT2D eigenvalue weighted by molar-refractivity contribution is 5.85. The van der Waals surface area contributed by atoms with Gasteiger partial charge in [0.2, 0.25) is 0 Å². The molecule has 0 amide bonds. The van der Waals surface area contributed by atoms with Gasteiger partial charge in [0.1, 0.15) is 5.72 Å². The fourth-order valence-corrected chi connectivity index (χ4v) is 3.67. The Labute approximate surface area is 171 Å². The number of unbranched alkanes of at least 4 members (excludes halogenated alkanes) is 15. The Hall–Kier alpha value is 0.210. The van der Waals surface area contributed by atoms with Crippen molar-refractivity contribution in [2.75, 3.05) is 14.1 Å². The SMILES string of the molecule is CCCCCCCCCCCCCCCCCCC(O)(CC)N(C)C.Cl. The lowest BCUT2D eigenvalue weighted by atomic mass is 9.99. The maximum Gasteiger partial charge on any atom is 0.117 e. The maximum atomic E-state index is 10.4. The van der Waals surface area contributed by atoms with Crippen LogP contribution in [0.15, 0.2) is 0 Å². The number of aliphatic hydroxyl groups is 1. The summed E-state index contributed by atoms with van der Waals surface area (Å²) < 4.78 is 0. The Kier molecular flexibility index (Phi) is 21.8. The molecule has 0 radical (unpaired) electrons. The molecule has 0 aromatic carbocycles. The summed E-state index contributed by atoms with van der Waals surface area (Å²) in [5.74, 6) is 0. The van der Waals surface area contributed by atoms with Gasteiger partial charge in [0.25, 0.3) is 0 Å². The van der Waals surface area contributed by atoms with Crippen molar-refractivity contribution in [3.05, 3.63) is 0 Å². The van der Waals surface area contributed by atoms with E-state index in [0.29, 0.717) is 0 Å². The molecule has 0 heterocycles. The first-order chi connectivity index (χ1) is 12.1. The highest BCUT2D eigenvalue weighted by atomic mass is 35.5. The first kappa shape index (κ1) is 28.4. The van der Waals surface area contributed by atoms with Crippen LogP contribution in [0.1, 0.15) is 129 Å². The molecule has 0 aliphatic rings. The molecule has 0 aromatic heterocycles. The van der Waals surface area contributed by atoms with Gasteiger partial charge in [0, 0.05) is 0 Å². The summed E-state index contributed by atoms with van der Waals surface area (Å²) in [7, 11) is 3.96. The zero-order valence-corrected chi connectivity index (χ0v) is 19.3. The fourth-order valence-electron chi connectivity index (χ4n) is 3.67. The molecule has 1 atom stereocenters. The summed E-state index contributed by atoms with van der Waals surface area (Å²) in [5.41, 5.74) is -0.587. The molecule has 0 bridgehead atoms. The summed E-state index contributed by atoms with van der Waals surface area (Å²) >= 11 is 0. The predicted molar refractivity (Wildman–Crippen MR) is 120 cm³/mol. The molecular formula is C23H50ClNO. The van der Waals surface area contributed by atoms with E-state index >= 15 is 0 Å². The van der Waals surface area contributed by atoms with Crippen molar-refractivity contribution in [2.24, 2.45) is 0 Å². The quantitative estimate of drug-likeness (QED) is 0.180. The third kappa shape index (κ3) is 16.4. The van der Waals surface area contributed by atoms with E-state index in [1.807, 2.05) is 19.0 Å². The highest BCUT2D eigenvalue weighted by Crippen LogP contribution is 2.22. The lowest BCUT2D eigenvalue weighted by Crippen LogP contribution is -2.43. The topological polar surface area (TPSA) is 23.5 Å². The summed E-state index contributed by atoms with van der Waals surface area (Å²) in [6.07, 6.45) is 24.1. The van der Waals surface area contributed by atoms with Crippen molar-refractivity contribution in [1.29, 1.82) is 0 Å². The van der Waals surface area contributed by atoms with E-state index in [1.54, 1.807) is 0 Å². The first-order valence-corrected chi connectivity index (χ1v) is 11.5. The summed E-state index contributed by atoms with van der Waals surface area (Å²) in [5, 5.41) is 10.4. The smallest absolute Gasteiger partial charge is 0.117 e. The summed E-state index contributed by atoms with van der Waals surface area (Å²) in [6.45, 7) is 4.36. The average molecular weight is 392 g/mol. The minimum absolute atomic E-state index is 0. The zero-order valence-electron chi connectivity index (χ0n) is 18.5. The molecule has 0 saturated heterocycles. The van der Waals surface area contributed by atoms with Crippen LogP contribution in [0, 0.1) is 0 Å². The van der Waals surface area contributed by atoms with Crippen LogP contribution in [0.3, 0.4) is 0 Å². The molecule has 3 heteroatoms. The molecule has 0 aliphatic heterocycles. The van der Waals surface area contributed by atoms with Gasteiger partial charge >= 0.3 is 0 Å². The molecule has 26 heavy (non-hydrogen) atoms. The van der Waals surface area contributed by atoms with E-state index in [1.165, 1.54) is 96.3 Å². The Balaban J connectivity index is 0. The van der Waals surface area contributed by atoms with E-state index in [2.05, 4.69) is 13.8 Å². The van der Waals surface area contributed by atoms with Crippen molar-refractivity contribution in [3.63, 3.8) is 0 Å². The lowest BCUT2D eigenvalue weighted by molar-refractivity contribution is -0.0926. The predicted octanol–water partition coefficient (Wildman–Crippen LogP) is 7.72. The molecule has 0 rings (SSSR count). The van der Waals surface area contributed by atoms with Crippen LogP contribution < -0.4 is 0 Å². The first-order valence-electron chi connectivity index (χ1n) is 11.5. The standard InChI is InChI=1S/C23H49NO.ClH/c1-5-7-8-9-10-11-12-13-14-15-16-17-18-19-20-21-22-23(25,6-2)24(3)4;/h25H,5-22H2,1-4H3;1H. The number of rotatable bonds is 19. The Morgan fingerprint density at radius 3 is 1.15 bits per heavy atom. The Morgan fingerprint density at radius 2 is 0.885 bits per heavy atom. The van der Waals surface area contributed by atoms with Gasteiger partial charge < -0.3 is 5.11 Å². The van der Waals surface area contributed by atoms with Gasteiger partial charge in [-0.1, -0.05) is 110 Å². The van der Waals surface area contributed by atoms with Crippen LogP contribution in [0.25, 0.3) is 0 Å². The molecule has 1 N–H and O–H groups in total. The number of halogens is 1. The molecule has 1 unspecified atom stereocenters. The van der Waals surface area contributed by atoms with Crippen LogP contribution in [0.5, 0.6) is 0 Å². The van der Waals surface area contributed by atoms with Gasteiger partial charge in [-0.05, 0) is 33.4 Å². The minimum atomic E-state index is -0.587. The second-order valence-electron chi connectivity index (χ2n) is 8.28.